The van der Waals surface area contributed by atoms with Gasteiger partial charge in [0.1, 0.15) is 12.1 Å². The van der Waals surface area contributed by atoms with Crippen molar-refractivity contribution in [3.8, 4) is 12.3 Å². The molecule has 3 saturated carbocycles. The predicted molar refractivity (Wildman–Crippen MR) is 210 cm³/mol. The summed E-state index contributed by atoms with van der Waals surface area (Å²) in [6.45, 7) is 13.6. The molecule has 12 nitrogen and oxygen atoms in total. The summed E-state index contributed by atoms with van der Waals surface area (Å²) < 4.78 is 26.4. The summed E-state index contributed by atoms with van der Waals surface area (Å²) in [6, 6.07) is -3.55. The maximum absolute atomic E-state index is 15.0. The monoisotopic (exact) mass is 773 g/mol. The summed E-state index contributed by atoms with van der Waals surface area (Å²) in [4.78, 5) is 71.3. The van der Waals surface area contributed by atoms with Gasteiger partial charge in [0.05, 0.1) is 28.6 Å². The van der Waals surface area contributed by atoms with E-state index in [1.165, 1.54) is 0 Å². The van der Waals surface area contributed by atoms with E-state index in [1.807, 2.05) is 34.6 Å². The third-order valence-electron chi connectivity index (χ3n) is 13.1. The van der Waals surface area contributed by atoms with Gasteiger partial charge in [-0.05, 0) is 81.5 Å². The Labute approximate surface area is 324 Å². The Kier molecular flexibility index (Phi) is 14.0. The summed E-state index contributed by atoms with van der Waals surface area (Å²) in [5.41, 5.74) is -1.96. The van der Waals surface area contributed by atoms with Crippen LogP contribution in [0.1, 0.15) is 145 Å². The van der Waals surface area contributed by atoms with E-state index in [1.54, 1.807) is 18.7 Å². The lowest BCUT2D eigenvalue weighted by molar-refractivity contribution is -0.146. The van der Waals surface area contributed by atoms with Crippen LogP contribution in [-0.2, 0) is 29.0 Å². The summed E-state index contributed by atoms with van der Waals surface area (Å²) in [5, 5.41) is 11.5. The number of ketones is 1. The smallest absolute Gasteiger partial charge is 0.315 e. The number of sulfone groups is 1. The molecule has 304 valence electrons. The van der Waals surface area contributed by atoms with E-state index in [0.29, 0.717) is 44.9 Å². The fourth-order valence-corrected chi connectivity index (χ4v) is 10.8. The number of terminal acetylenes is 1. The number of likely N-dealkylation sites (tertiary alicyclic amines) is 1. The Morgan fingerprint density at radius 2 is 1.48 bits per heavy atom. The van der Waals surface area contributed by atoms with Crippen molar-refractivity contribution in [1.82, 2.24) is 26.2 Å². The first-order valence-electron chi connectivity index (χ1n) is 20.4. The normalized spacial score (nSPS) is 24.0. The maximum Gasteiger partial charge on any atom is 0.315 e. The van der Waals surface area contributed by atoms with Gasteiger partial charge in [-0.2, -0.15) is 0 Å². The highest BCUT2D eigenvalue weighted by molar-refractivity contribution is 7.92. The molecule has 1 aliphatic heterocycles. The number of carbonyl (C=O) groups is 5. The van der Waals surface area contributed by atoms with Crippen LogP contribution < -0.4 is 21.3 Å². The van der Waals surface area contributed by atoms with Gasteiger partial charge in [-0.25, -0.2) is 13.2 Å². The van der Waals surface area contributed by atoms with Crippen molar-refractivity contribution >= 4 is 39.4 Å². The minimum atomic E-state index is -3.59. The number of Topliss-reactive ketones (excluding diaryl/α,β-unsaturated/α-hetero) is 1. The molecule has 0 spiro atoms. The zero-order chi connectivity index (χ0) is 40.1. The number of urea groups is 1. The minimum absolute atomic E-state index is 0.111. The van der Waals surface area contributed by atoms with Crippen LogP contribution in [0.2, 0.25) is 0 Å². The molecule has 4 N–H and O–H groups in total. The zero-order valence-corrected chi connectivity index (χ0v) is 34.7. The van der Waals surface area contributed by atoms with Gasteiger partial charge in [0.25, 0.3) is 5.91 Å². The average molecular weight is 774 g/mol. The van der Waals surface area contributed by atoms with E-state index >= 15 is 4.79 Å². The third kappa shape index (κ3) is 10.4. The number of rotatable bonds is 15. The maximum atomic E-state index is 15.0. The Morgan fingerprint density at radius 3 is 2.02 bits per heavy atom. The Hall–Kier alpha value is -3.14. The van der Waals surface area contributed by atoms with E-state index in [2.05, 4.69) is 27.2 Å². The molecular formula is C41H67N5O7S. The molecule has 4 atom stereocenters. The van der Waals surface area contributed by atoms with Gasteiger partial charge >= 0.3 is 6.03 Å². The first-order chi connectivity index (χ1) is 25.2. The summed E-state index contributed by atoms with van der Waals surface area (Å²) in [7, 11) is -3.59. The van der Waals surface area contributed by atoms with Crippen LogP contribution in [0.25, 0.3) is 0 Å². The van der Waals surface area contributed by atoms with Crippen LogP contribution in [0.15, 0.2) is 0 Å². The van der Waals surface area contributed by atoms with Crippen molar-refractivity contribution in [3.63, 3.8) is 0 Å². The topological polar surface area (TPSA) is 171 Å². The molecule has 4 rings (SSSR count). The lowest BCUT2D eigenvalue weighted by Gasteiger charge is -2.44. The van der Waals surface area contributed by atoms with Gasteiger partial charge < -0.3 is 26.2 Å². The number of nitrogens with one attached hydrogen (secondary N) is 4. The number of hydrogen-bond donors (Lipinski definition) is 4. The predicted octanol–water partition coefficient (Wildman–Crippen LogP) is 4.80. The highest BCUT2D eigenvalue weighted by Crippen LogP contribution is 2.44. The molecule has 4 aliphatic rings. The highest BCUT2D eigenvalue weighted by atomic mass is 32.2. The third-order valence-corrected chi connectivity index (χ3v) is 16.0. The van der Waals surface area contributed by atoms with E-state index < -0.39 is 72.7 Å². The number of amides is 5. The summed E-state index contributed by atoms with van der Waals surface area (Å²) in [5.74, 6) is -0.406. The van der Waals surface area contributed by atoms with Gasteiger partial charge in [0, 0.05) is 6.54 Å². The number of hydrogen-bond acceptors (Lipinski definition) is 7. The molecule has 3 unspecified atom stereocenters. The zero-order valence-electron chi connectivity index (χ0n) is 33.9. The molecule has 4 fully saturated rings. The van der Waals surface area contributed by atoms with Crippen molar-refractivity contribution in [2.24, 2.45) is 22.7 Å². The molecule has 0 aromatic carbocycles. The lowest BCUT2D eigenvalue weighted by Crippen LogP contribution is -2.65. The molecule has 0 aromatic heterocycles. The van der Waals surface area contributed by atoms with Crippen molar-refractivity contribution in [1.29, 1.82) is 0 Å². The molecule has 0 bridgehead atoms. The first-order valence-corrected chi connectivity index (χ1v) is 22.0. The first kappa shape index (κ1) is 43.6. The van der Waals surface area contributed by atoms with Crippen LogP contribution in [0.4, 0.5) is 4.79 Å². The van der Waals surface area contributed by atoms with Gasteiger partial charge in [-0.15, -0.1) is 6.42 Å². The second-order valence-corrected chi connectivity index (χ2v) is 21.3. The van der Waals surface area contributed by atoms with Crippen LogP contribution in [0, 0.1) is 35.0 Å². The van der Waals surface area contributed by atoms with Gasteiger partial charge in [0.2, 0.25) is 17.6 Å². The molecule has 0 aromatic rings. The van der Waals surface area contributed by atoms with Crippen molar-refractivity contribution in [2.45, 2.75) is 173 Å². The molecule has 54 heavy (non-hydrogen) atoms. The average Bonchev–Trinajstić information content (AvgIpc) is 3.80. The standard InChI is InChI=1S/C41H67N5O7S/c1-9-24-42-35(49)32(47)30(26-28-17-18-28)43-34(48)31-29(38(3,4)5)19-25-46(31)36(50)33(40(8)20-13-11-14-21-40)44-37(51)45-41(22-15-12-16-23-41)27-54(52,53)39(6,7)10-2/h1,28-31,33H,10-27H2,2-8H3,(H,42,49)(H,43,48)(H2,44,45,51)/t29?,30?,31?,33-/m1/s1. The SMILES string of the molecule is C#CCNC(=O)C(=O)C(CC1CC1)NC(=O)C1C(C(C)(C)C)CCN1C(=O)[C@@H](NC(=O)NC1(CS(=O)(=O)C(C)(C)CC)CCCCC1)C1(C)CCCCC1. The van der Waals surface area contributed by atoms with E-state index in [9.17, 15) is 27.6 Å². The van der Waals surface area contributed by atoms with Gasteiger partial charge in [-0.1, -0.05) is 91.9 Å². The molecule has 1 heterocycles. The van der Waals surface area contributed by atoms with Crippen LogP contribution in [0.5, 0.6) is 0 Å². The Balaban J connectivity index is 1.64. The molecule has 5 amide bonds. The van der Waals surface area contributed by atoms with Crippen molar-refractivity contribution in [3.05, 3.63) is 0 Å². The molecule has 3 aliphatic carbocycles. The lowest BCUT2D eigenvalue weighted by atomic mass is 9.70. The fourth-order valence-electron chi connectivity index (χ4n) is 8.89. The number of nitrogens with zero attached hydrogens (tertiary/aromatic N) is 1. The van der Waals surface area contributed by atoms with Gasteiger partial charge in [0.15, 0.2) is 9.84 Å². The van der Waals surface area contributed by atoms with Crippen molar-refractivity contribution in [2.75, 3.05) is 18.8 Å². The largest absolute Gasteiger partial charge is 0.344 e. The van der Waals surface area contributed by atoms with Gasteiger partial charge in [-0.3, -0.25) is 19.2 Å². The van der Waals surface area contributed by atoms with E-state index in [4.69, 9.17) is 6.42 Å². The Bertz CT molecular complexity index is 1550. The molecule has 0 radical (unpaired) electrons. The van der Waals surface area contributed by atoms with Crippen LogP contribution in [0.3, 0.4) is 0 Å². The molecule has 13 heteroatoms. The van der Waals surface area contributed by atoms with Crippen LogP contribution >= 0.6 is 0 Å². The Morgan fingerprint density at radius 1 is 0.889 bits per heavy atom. The van der Waals surface area contributed by atoms with E-state index in [-0.39, 0.29) is 36.6 Å². The van der Waals surface area contributed by atoms with E-state index in [0.717, 1.165) is 51.4 Å². The molecule has 1 saturated heterocycles. The summed E-state index contributed by atoms with van der Waals surface area (Å²) in [6.07, 6.45) is 16.2. The number of carbonyl (C=O) groups excluding carboxylic acids is 5. The second-order valence-electron chi connectivity index (χ2n) is 18.7. The fraction of sp³-hybridized carbons (Fsp3) is 0.829. The quantitative estimate of drug-likeness (QED) is 0.137. The highest BCUT2D eigenvalue weighted by Gasteiger charge is 2.52. The minimum Gasteiger partial charge on any atom is -0.344 e. The van der Waals surface area contributed by atoms with Crippen molar-refractivity contribution < 1.29 is 32.4 Å². The second kappa shape index (κ2) is 17.3. The summed E-state index contributed by atoms with van der Waals surface area (Å²) >= 11 is 0. The van der Waals surface area contributed by atoms with Crippen LogP contribution in [-0.4, -0.2) is 90.1 Å². The molecular weight excluding hydrogens is 707 g/mol.